The van der Waals surface area contributed by atoms with Crippen LogP contribution in [-0.4, -0.2) is 39.9 Å². The first-order chi connectivity index (χ1) is 16.9. The summed E-state index contributed by atoms with van der Waals surface area (Å²) in [6.07, 6.45) is 4.31. The number of anilines is 3. The van der Waals surface area contributed by atoms with Gasteiger partial charge in [-0.3, -0.25) is 9.69 Å². The Morgan fingerprint density at radius 2 is 2.00 bits per heavy atom. The van der Waals surface area contributed by atoms with Gasteiger partial charge in [0.05, 0.1) is 29.7 Å². The van der Waals surface area contributed by atoms with E-state index in [-0.39, 0.29) is 24.1 Å². The molecule has 2 aromatic carbocycles. The minimum absolute atomic E-state index is 0.0273. The molecule has 1 fully saturated rings. The Bertz CT molecular complexity index is 1280. The van der Waals surface area contributed by atoms with Crippen molar-refractivity contribution in [3.63, 3.8) is 0 Å². The van der Waals surface area contributed by atoms with Crippen LogP contribution in [0.3, 0.4) is 0 Å². The molecule has 1 aromatic heterocycles. The number of imidazole rings is 1. The van der Waals surface area contributed by atoms with Gasteiger partial charge in [0.2, 0.25) is 5.95 Å². The largest absolute Gasteiger partial charge is 0.481 e. The summed E-state index contributed by atoms with van der Waals surface area (Å²) >= 11 is 0. The number of carboxylic acid groups (broad SMARTS) is 1. The smallest absolute Gasteiger partial charge is 0.414 e. The quantitative estimate of drug-likeness (QED) is 0.493. The molecule has 2 heterocycles. The van der Waals surface area contributed by atoms with Crippen LogP contribution in [0.5, 0.6) is 0 Å². The van der Waals surface area contributed by atoms with E-state index in [1.54, 1.807) is 4.90 Å². The Morgan fingerprint density at radius 3 is 2.74 bits per heavy atom. The molecule has 8 nitrogen and oxygen atoms in total. The molecule has 1 aliphatic carbocycles. The molecule has 184 valence electrons. The lowest BCUT2D eigenvalue weighted by Crippen LogP contribution is -2.42. The fourth-order valence-corrected chi connectivity index (χ4v) is 5.71. The van der Waals surface area contributed by atoms with Gasteiger partial charge in [-0.1, -0.05) is 18.6 Å². The molecular weight excluding hydrogens is 444 g/mol. The standard InChI is InChI=1S/C27H32N4O4/c1-16-6-4-8-19(14-16)28-26-29-24-21-11-10-17(2)30(27(34)35-3)22(21)12-13-23(24)31(26)20-9-5-7-18(15-20)25(32)33/h4,6,8,12-14,17-18,20H,5,7,9-11,15H2,1-3H3,(H,28,29)(H,32,33)/t17?,18-,20-/m1/s1. The van der Waals surface area contributed by atoms with Gasteiger partial charge >= 0.3 is 12.1 Å². The van der Waals surface area contributed by atoms with Crippen LogP contribution in [0.2, 0.25) is 0 Å². The first kappa shape index (κ1) is 23.2. The molecule has 35 heavy (non-hydrogen) atoms. The molecule has 1 amide bonds. The highest BCUT2D eigenvalue weighted by molar-refractivity contribution is 5.96. The van der Waals surface area contributed by atoms with Gasteiger partial charge in [0, 0.05) is 23.3 Å². The number of aryl methyl sites for hydroxylation is 2. The first-order valence-corrected chi connectivity index (χ1v) is 12.3. The Balaban J connectivity index is 1.66. The normalized spacial score (nSPS) is 22.0. The van der Waals surface area contributed by atoms with Crippen molar-refractivity contribution in [2.24, 2.45) is 5.92 Å². The van der Waals surface area contributed by atoms with Crippen LogP contribution in [0.4, 0.5) is 22.1 Å². The van der Waals surface area contributed by atoms with Crippen molar-refractivity contribution in [3.8, 4) is 0 Å². The number of rotatable bonds is 4. The summed E-state index contributed by atoms with van der Waals surface area (Å²) in [5.41, 5.74) is 5.77. The molecule has 1 saturated carbocycles. The number of hydrogen-bond donors (Lipinski definition) is 2. The number of carbonyl (C=O) groups is 2. The maximum atomic E-state index is 12.6. The van der Waals surface area contributed by atoms with E-state index in [1.807, 2.05) is 44.2 Å². The zero-order valence-corrected chi connectivity index (χ0v) is 20.5. The summed E-state index contributed by atoms with van der Waals surface area (Å²) in [4.78, 5) is 31.2. The van der Waals surface area contributed by atoms with Crippen molar-refractivity contribution in [2.45, 2.75) is 64.5 Å². The highest BCUT2D eigenvalue weighted by Gasteiger charge is 2.34. The zero-order chi connectivity index (χ0) is 24.7. The second kappa shape index (κ2) is 9.24. The SMILES string of the molecule is COC(=O)N1c2ccc3c(nc(Nc4cccc(C)c4)n3[C@@H]3CCC[C@@H](C(=O)O)C3)c2CCC1C. The maximum Gasteiger partial charge on any atom is 0.414 e. The van der Waals surface area contributed by atoms with E-state index in [4.69, 9.17) is 9.72 Å². The number of amides is 1. The number of benzene rings is 2. The van der Waals surface area contributed by atoms with Crippen molar-refractivity contribution >= 4 is 40.4 Å². The Labute approximate surface area is 204 Å². The Hall–Kier alpha value is -3.55. The van der Waals surface area contributed by atoms with Crippen LogP contribution in [-0.2, 0) is 16.0 Å². The van der Waals surface area contributed by atoms with Crippen molar-refractivity contribution in [2.75, 3.05) is 17.3 Å². The van der Waals surface area contributed by atoms with Crippen LogP contribution in [0, 0.1) is 12.8 Å². The van der Waals surface area contributed by atoms with E-state index in [0.717, 1.165) is 59.2 Å². The number of hydrogen-bond acceptors (Lipinski definition) is 5. The molecule has 3 atom stereocenters. The molecule has 8 heteroatoms. The number of aliphatic carboxylic acids is 1. The number of nitrogens with one attached hydrogen (secondary N) is 1. The maximum absolute atomic E-state index is 12.6. The molecule has 0 saturated heterocycles. The predicted octanol–water partition coefficient (Wildman–Crippen LogP) is 5.81. The van der Waals surface area contributed by atoms with Gasteiger partial charge in [-0.2, -0.15) is 0 Å². The Morgan fingerprint density at radius 1 is 1.17 bits per heavy atom. The average Bonchev–Trinajstić information content (AvgIpc) is 3.21. The third kappa shape index (κ3) is 4.22. The van der Waals surface area contributed by atoms with E-state index in [1.165, 1.54) is 7.11 Å². The van der Waals surface area contributed by atoms with Crippen LogP contribution >= 0.6 is 0 Å². The lowest BCUT2D eigenvalue weighted by Gasteiger charge is -2.34. The van der Waals surface area contributed by atoms with Crippen LogP contribution in [0.1, 0.15) is 56.2 Å². The summed E-state index contributed by atoms with van der Waals surface area (Å²) in [5.74, 6) is -0.378. The van der Waals surface area contributed by atoms with Gasteiger partial charge in [-0.25, -0.2) is 9.78 Å². The summed E-state index contributed by atoms with van der Waals surface area (Å²) in [5, 5.41) is 13.2. The van der Waals surface area contributed by atoms with E-state index in [0.29, 0.717) is 18.8 Å². The number of nitrogens with zero attached hydrogens (tertiary/aromatic N) is 3. The second-order valence-corrected chi connectivity index (χ2v) is 9.81. The molecule has 1 aliphatic heterocycles. The molecule has 2 N–H and O–H groups in total. The van der Waals surface area contributed by atoms with E-state index in [9.17, 15) is 14.7 Å². The van der Waals surface area contributed by atoms with Crippen molar-refractivity contribution < 1.29 is 19.4 Å². The molecular formula is C27H32N4O4. The summed E-state index contributed by atoms with van der Waals surface area (Å²) in [7, 11) is 1.41. The average molecular weight is 477 g/mol. The van der Waals surface area contributed by atoms with Crippen molar-refractivity contribution in [1.82, 2.24) is 9.55 Å². The third-order valence-electron chi connectivity index (χ3n) is 7.46. The minimum atomic E-state index is -0.729. The van der Waals surface area contributed by atoms with Gasteiger partial charge in [0.25, 0.3) is 0 Å². The second-order valence-electron chi connectivity index (χ2n) is 9.81. The number of aromatic nitrogens is 2. The van der Waals surface area contributed by atoms with E-state index >= 15 is 0 Å². The third-order valence-corrected chi connectivity index (χ3v) is 7.46. The Kier molecular flexibility index (Phi) is 6.13. The minimum Gasteiger partial charge on any atom is -0.481 e. The van der Waals surface area contributed by atoms with Crippen molar-refractivity contribution in [3.05, 3.63) is 47.5 Å². The predicted molar refractivity (Wildman–Crippen MR) is 135 cm³/mol. The van der Waals surface area contributed by atoms with Crippen LogP contribution in [0.15, 0.2) is 36.4 Å². The molecule has 5 rings (SSSR count). The molecule has 0 radical (unpaired) electrons. The highest BCUT2D eigenvalue weighted by atomic mass is 16.5. The van der Waals surface area contributed by atoms with Gasteiger partial charge < -0.3 is 19.7 Å². The lowest BCUT2D eigenvalue weighted by molar-refractivity contribution is -0.143. The van der Waals surface area contributed by atoms with Crippen LogP contribution in [0.25, 0.3) is 11.0 Å². The summed E-state index contributed by atoms with van der Waals surface area (Å²) < 4.78 is 7.26. The van der Waals surface area contributed by atoms with Crippen LogP contribution < -0.4 is 10.2 Å². The molecule has 2 aliphatic rings. The number of ether oxygens (including phenoxy) is 1. The molecule has 1 unspecified atom stereocenters. The van der Waals surface area contributed by atoms with Gasteiger partial charge in [0.1, 0.15) is 0 Å². The fraction of sp³-hybridized carbons (Fsp3) is 0.444. The monoisotopic (exact) mass is 476 g/mol. The number of methoxy groups -OCH3 is 1. The molecule has 0 spiro atoms. The van der Waals surface area contributed by atoms with E-state index < -0.39 is 5.97 Å². The summed E-state index contributed by atoms with van der Waals surface area (Å²) in [6.45, 7) is 4.08. The van der Waals surface area contributed by atoms with Crippen molar-refractivity contribution in [1.29, 1.82) is 0 Å². The summed E-state index contributed by atoms with van der Waals surface area (Å²) in [6, 6.07) is 12.2. The highest BCUT2D eigenvalue weighted by Crippen LogP contribution is 2.42. The topological polar surface area (TPSA) is 96.7 Å². The van der Waals surface area contributed by atoms with Gasteiger partial charge in [0.15, 0.2) is 0 Å². The molecule has 0 bridgehead atoms. The number of fused-ring (bicyclic) bond motifs is 3. The van der Waals surface area contributed by atoms with E-state index in [2.05, 4.69) is 16.0 Å². The number of carboxylic acids is 1. The van der Waals surface area contributed by atoms with Gasteiger partial charge in [-0.15, -0.1) is 0 Å². The lowest BCUT2D eigenvalue weighted by atomic mass is 9.85. The fourth-order valence-electron chi connectivity index (χ4n) is 5.71. The first-order valence-electron chi connectivity index (χ1n) is 12.3. The van der Waals surface area contributed by atoms with Gasteiger partial charge in [-0.05, 0) is 75.8 Å². The number of carbonyl (C=O) groups excluding carboxylic acids is 1. The molecule has 3 aromatic rings. The zero-order valence-electron chi connectivity index (χ0n) is 20.5.